The number of carbonyl (C=O) groups is 1. The molecule has 0 aromatic carbocycles. The molecule has 0 radical (unpaired) electrons. The van der Waals surface area contributed by atoms with Crippen molar-refractivity contribution in [2.45, 2.75) is 53.0 Å². The molecular weight excluding hydrogens is 306 g/mol. The Balaban J connectivity index is 2.40. The van der Waals surface area contributed by atoms with Crippen LogP contribution in [-0.4, -0.2) is 48.0 Å². The molecule has 1 unspecified atom stereocenters. The molecule has 1 atom stereocenters. The molecule has 0 aliphatic heterocycles. The predicted octanol–water partition coefficient (Wildman–Crippen LogP) is 1.48. The van der Waals surface area contributed by atoms with Gasteiger partial charge >= 0.3 is 5.97 Å². The number of aliphatic imine (C=N–C) groups is 1. The van der Waals surface area contributed by atoms with Gasteiger partial charge in [-0.1, -0.05) is 0 Å². The SMILES string of the molecule is CCOC(=O)CCCNC(=NC)NC(C)Cc1c(C)nn(C)c1C. The molecule has 0 fully saturated rings. The van der Waals surface area contributed by atoms with Crippen LogP contribution in [0.15, 0.2) is 4.99 Å². The van der Waals surface area contributed by atoms with Gasteiger partial charge in [-0.2, -0.15) is 5.10 Å². The molecule has 0 aliphatic rings. The Morgan fingerprint density at radius 3 is 2.67 bits per heavy atom. The number of nitrogens with one attached hydrogen (secondary N) is 2. The first-order chi connectivity index (χ1) is 11.4. The lowest BCUT2D eigenvalue weighted by molar-refractivity contribution is -0.143. The molecule has 0 amide bonds. The summed E-state index contributed by atoms with van der Waals surface area (Å²) in [6, 6.07) is 0.225. The van der Waals surface area contributed by atoms with Gasteiger partial charge in [0.15, 0.2) is 5.96 Å². The van der Waals surface area contributed by atoms with E-state index in [4.69, 9.17) is 4.74 Å². The number of esters is 1. The van der Waals surface area contributed by atoms with Crippen LogP contribution in [0.2, 0.25) is 0 Å². The Hall–Kier alpha value is -2.05. The molecule has 136 valence electrons. The summed E-state index contributed by atoms with van der Waals surface area (Å²) in [7, 11) is 3.71. The highest BCUT2D eigenvalue weighted by Gasteiger charge is 2.14. The molecular formula is C17H31N5O2. The molecule has 1 heterocycles. The largest absolute Gasteiger partial charge is 0.466 e. The second kappa shape index (κ2) is 9.95. The Morgan fingerprint density at radius 2 is 2.12 bits per heavy atom. The van der Waals surface area contributed by atoms with Crippen molar-refractivity contribution in [3.63, 3.8) is 0 Å². The molecule has 24 heavy (non-hydrogen) atoms. The summed E-state index contributed by atoms with van der Waals surface area (Å²) in [6.45, 7) is 9.17. The fraction of sp³-hybridized carbons (Fsp3) is 0.706. The number of hydrogen-bond donors (Lipinski definition) is 2. The van der Waals surface area contributed by atoms with Gasteiger partial charge < -0.3 is 15.4 Å². The molecule has 0 saturated carbocycles. The minimum atomic E-state index is -0.154. The molecule has 0 aliphatic carbocycles. The van der Waals surface area contributed by atoms with Gasteiger partial charge in [-0.15, -0.1) is 0 Å². The first-order valence-electron chi connectivity index (χ1n) is 8.50. The van der Waals surface area contributed by atoms with Gasteiger partial charge in [0.1, 0.15) is 0 Å². The average Bonchev–Trinajstić information content (AvgIpc) is 2.77. The van der Waals surface area contributed by atoms with Crippen LogP contribution in [0, 0.1) is 13.8 Å². The summed E-state index contributed by atoms with van der Waals surface area (Å²) >= 11 is 0. The number of aromatic nitrogens is 2. The Morgan fingerprint density at radius 1 is 1.42 bits per heavy atom. The fourth-order valence-corrected chi connectivity index (χ4v) is 2.57. The van der Waals surface area contributed by atoms with Crippen molar-refractivity contribution in [3.8, 4) is 0 Å². The van der Waals surface area contributed by atoms with Crippen molar-refractivity contribution >= 4 is 11.9 Å². The summed E-state index contributed by atoms with van der Waals surface area (Å²) in [6.07, 6.45) is 2.02. The standard InChI is InChI=1S/C17H31N5O2/c1-7-24-16(23)9-8-10-19-17(18-5)20-12(2)11-15-13(3)21-22(6)14(15)4/h12H,7-11H2,1-6H3,(H2,18,19,20). The van der Waals surface area contributed by atoms with E-state index in [2.05, 4.69) is 34.6 Å². The Bertz CT molecular complexity index is 566. The molecule has 2 N–H and O–H groups in total. The average molecular weight is 337 g/mol. The minimum Gasteiger partial charge on any atom is -0.466 e. The van der Waals surface area contributed by atoms with Crippen LogP contribution >= 0.6 is 0 Å². The van der Waals surface area contributed by atoms with Crippen molar-refractivity contribution in [1.29, 1.82) is 0 Å². The zero-order valence-corrected chi connectivity index (χ0v) is 15.8. The van der Waals surface area contributed by atoms with Gasteiger partial charge in [0.05, 0.1) is 12.3 Å². The topological polar surface area (TPSA) is 80.5 Å². The Kier molecular flexibility index (Phi) is 8.29. The van der Waals surface area contributed by atoms with Crippen molar-refractivity contribution in [2.75, 3.05) is 20.2 Å². The molecule has 1 rings (SSSR count). The van der Waals surface area contributed by atoms with E-state index < -0.39 is 0 Å². The molecule has 7 nitrogen and oxygen atoms in total. The molecule has 0 saturated heterocycles. The van der Waals surface area contributed by atoms with Crippen molar-refractivity contribution in [3.05, 3.63) is 17.0 Å². The molecule has 7 heteroatoms. The molecule has 1 aromatic heterocycles. The first-order valence-corrected chi connectivity index (χ1v) is 8.50. The van der Waals surface area contributed by atoms with Gasteiger partial charge in [0.2, 0.25) is 0 Å². The van der Waals surface area contributed by atoms with Crippen LogP contribution in [0.5, 0.6) is 0 Å². The van der Waals surface area contributed by atoms with Crippen LogP contribution in [0.25, 0.3) is 0 Å². The maximum atomic E-state index is 11.3. The highest BCUT2D eigenvalue weighted by atomic mass is 16.5. The second-order valence-electron chi connectivity index (χ2n) is 5.93. The lowest BCUT2D eigenvalue weighted by Crippen LogP contribution is -2.43. The van der Waals surface area contributed by atoms with Gasteiger partial charge in [-0.05, 0) is 46.1 Å². The molecule has 1 aromatic rings. The van der Waals surface area contributed by atoms with Crippen molar-refractivity contribution in [1.82, 2.24) is 20.4 Å². The predicted molar refractivity (Wildman–Crippen MR) is 96.2 cm³/mol. The lowest BCUT2D eigenvalue weighted by Gasteiger charge is -2.18. The maximum Gasteiger partial charge on any atom is 0.305 e. The monoisotopic (exact) mass is 337 g/mol. The number of carbonyl (C=O) groups excluding carboxylic acids is 1. The third kappa shape index (κ3) is 6.22. The number of aryl methyl sites for hydroxylation is 2. The molecule has 0 spiro atoms. The zero-order chi connectivity index (χ0) is 18.1. The molecule has 0 bridgehead atoms. The summed E-state index contributed by atoms with van der Waals surface area (Å²) in [5.41, 5.74) is 3.54. The van der Waals surface area contributed by atoms with Crippen molar-refractivity contribution < 1.29 is 9.53 Å². The van der Waals surface area contributed by atoms with Crippen LogP contribution in [-0.2, 0) is 23.0 Å². The Labute approximate surface area is 144 Å². The number of guanidine groups is 1. The fourth-order valence-electron chi connectivity index (χ4n) is 2.57. The van der Waals surface area contributed by atoms with E-state index in [9.17, 15) is 4.79 Å². The third-order valence-electron chi connectivity index (χ3n) is 3.93. The first kappa shape index (κ1) is 20.0. The third-order valence-corrected chi connectivity index (χ3v) is 3.93. The van der Waals surface area contributed by atoms with E-state index in [1.54, 1.807) is 7.05 Å². The zero-order valence-electron chi connectivity index (χ0n) is 15.8. The lowest BCUT2D eigenvalue weighted by atomic mass is 10.1. The van der Waals surface area contributed by atoms with E-state index in [-0.39, 0.29) is 12.0 Å². The van der Waals surface area contributed by atoms with E-state index in [0.29, 0.717) is 26.0 Å². The summed E-state index contributed by atoms with van der Waals surface area (Å²) < 4.78 is 6.83. The summed E-state index contributed by atoms with van der Waals surface area (Å²) in [5.74, 6) is 0.587. The number of hydrogen-bond acceptors (Lipinski definition) is 4. The van der Waals surface area contributed by atoms with Gasteiger partial charge in [0, 0.05) is 38.8 Å². The van der Waals surface area contributed by atoms with Crippen LogP contribution < -0.4 is 10.6 Å². The number of nitrogens with zero attached hydrogens (tertiary/aromatic N) is 3. The van der Waals surface area contributed by atoms with Crippen LogP contribution in [0.4, 0.5) is 0 Å². The van der Waals surface area contributed by atoms with Crippen LogP contribution in [0.3, 0.4) is 0 Å². The van der Waals surface area contributed by atoms with E-state index in [0.717, 1.165) is 18.1 Å². The van der Waals surface area contributed by atoms with E-state index in [1.165, 1.54) is 11.3 Å². The minimum absolute atomic E-state index is 0.154. The van der Waals surface area contributed by atoms with Crippen molar-refractivity contribution in [2.24, 2.45) is 12.0 Å². The quantitative estimate of drug-likeness (QED) is 0.325. The van der Waals surface area contributed by atoms with Crippen LogP contribution in [0.1, 0.15) is 43.6 Å². The normalized spacial score (nSPS) is 12.8. The summed E-state index contributed by atoms with van der Waals surface area (Å²) in [5, 5.41) is 11.1. The number of rotatable bonds is 8. The summed E-state index contributed by atoms with van der Waals surface area (Å²) in [4.78, 5) is 15.5. The van der Waals surface area contributed by atoms with Gasteiger partial charge in [0.25, 0.3) is 0 Å². The van der Waals surface area contributed by atoms with E-state index >= 15 is 0 Å². The highest BCUT2D eigenvalue weighted by molar-refractivity contribution is 5.80. The van der Waals surface area contributed by atoms with E-state index in [1.807, 2.05) is 25.6 Å². The highest BCUT2D eigenvalue weighted by Crippen LogP contribution is 2.14. The van der Waals surface area contributed by atoms with Gasteiger partial charge in [-0.3, -0.25) is 14.5 Å². The smallest absolute Gasteiger partial charge is 0.305 e. The maximum absolute atomic E-state index is 11.3. The number of ether oxygens (including phenoxy) is 1. The van der Waals surface area contributed by atoms with Gasteiger partial charge in [-0.25, -0.2) is 0 Å². The second-order valence-corrected chi connectivity index (χ2v) is 5.93.